The lowest BCUT2D eigenvalue weighted by atomic mass is 10.3. The van der Waals surface area contributed by atoms with Crippen molar-refractivity contribution in [1.29, 1.82) is 0 Å². The molecular weight excluding hydrogens is 262 g/mol. The molecular formula is C14H22ClN3O. The molecule has 1 unspecified atom stereocenters. The summed E-state index contributed by atoms with van der Waals surface area (Å²) in [4.78, 5) is 2.39. The normalized spacial score (nSPS) is 26.1. The number of hydrogen-bond donors (Lipinski definition) is 0. The molecule has 106 valence electrons. The van der Waals surface area contributed by atoms with E-state index < -0.39 is 0 Å². The van der Waals surface area contributed by atoms with Crippen LogP contribution in [-0.4, -0.2) is 46.4 Å². The number of morpholine rings is 1. The summed E-state index contributed by atoms with van der Waals surface area (Å²) in [5, 5.41) is 4.74. The lowest BCUT2D eigenvalue weighted by molar-refractivity contribution is -0.0198. The molecule has 0 spiro atoms. The van der Waals surface area contributed by atoms with Crippen molar-refractivity contribution in [3.63, 3.8) is 0 Å². The second-order valence-corrected chi connectivity index (χ2v) is 5.92. The first kappa shape index (κ1) is 13.4. The zero-order chi connectivity index (χ0) is 13.1. The Balaban J connectivity index is 1.57. The fraction of sp³-hybridized carbons (Fsp3) is 0.786. The van der Waals surface area contributed by atoms with Crippen LogP contribution in [0.25, 0.3) is 0 Å². The van der Waals surface area contributed by atoms with Crippen LogP contribution in [0.2, 0.25) is 0 Å². The van der Waals surface area contributed by atoms with Gasteiger partial charge in [0.05, 0.1) is 24.4 Å². The molecule has 0 aromatic carbocycles. The topological polar surface area (TPSA) is 30.3 Å². The fourth-order valence-electron chi connectivity index (χ4n) is 3.08. The number of hydrogen-bond acceptors (Lipinski definition) is 3. The smallest absolute Gasteiger partial charge is 0.0837 e. The molecule has 0 amide bonds. The summed E-state index contributed by atoms with van der Waals surface area (Å²) in [6, 6.07) is 2.79. The number of nitrogens with zero attached hydrogens (tertiary/aromatic N) is 3. The third-order valence-corrected chi connectivity index (χ3v) is 4.49. The van der Waals surface area contributed by atoms with Gasteiger partial charge >= 0.3 is 0 Å². The Morgan fingerprint density at radius 3 is 3.00 bits per heavy atom. The molecule has 0 radical (unpaired) electrons. The quantitative estimate of drug-likeness (QED) is 0.795. The van der Waals surface area contributed by atoms with E-state index in [1.165, 1.54) is 31.4 Å². The molecule has 1 atom stereocenters. The fourth-order valence-corrected chi connectivity index (χ4v) is 3.27. The summed E-state index contributed by atoms with van der Waals surface area (Å²) >= 11 is 5.87. The summed E-state index contributed by atoms with van der Waals surface area (Å²) in [6.07, 6.45) is 7.58. The van der Waals surface area contributed by atoms with Gasteiger partial charge in [-0.05, 0) is 18.9 Å². The second-order valence-electron chi connectivity index (χ2n) is 5.61. The number of alkyl halides is 1. The van der Waals surface area contributed by atoms with Crippen molar-refractivity contribution in [3.8, 4) is 0 Å². The van der Waals surface area contributed by atoms with E-state index in [-0.39, 0.29) is 6.10 Å². The van der Waals surface area contributed by atoms with Crippen molar-refractivity contribution in [3.05, 3.63) is 18.0 Å². The van der Waals surface area contributed by atoms with Crippen LogP contribution in [-0.2, 0) is 11.3 Å². The van der Waals surface area contributed by atoms with E-state index >= 15 is 0 Å². The Labute approximate surface area is 119 Å². The van der Waals surface area contributed by atoms with E-state index in [9.17, 15) is 0 Å². The van der Waals surface area contributed by atoms with Crippen molar-refractivity contribution in [1.82, 2.24) is 14.7 Å². The van der Waals surface area contributed by atoms with E-state index in [1.54, 1.807) is 0 Å². The molecule has 0 bridgehead atoms. The Kier molecular flexibility index (Phi) is 4.41. The van der Waals surface area contributed by atoms with E-state index in [1.807, 2.05) is 0 Å². The zero-order valence-corrected chi connectivity index (χ0v) is 12.1. The Morgan fingerprint density at radius 2 is 2.21 bits per heavy atom. The summed E-state index contributed by atoms with van der Waals surface area (Å²) < 4.78 is 7.75. The SMILES string of the molecule is ClCC1CN(Cc2ccn(C3CCCC3)n2)CCO1. The first-order valence-electron chi connectivity index (χ1n) is 7.29. The molecule has 19 heavy (non-hydrogen) atoms. The molecule has 0 N–H and O–H groups in total. The van der Waals surface area contributed by atoms with Gasteiger partial charge in [-0.15, -0.1) is 11.6 Å². The van der Waals surface area contributed by atoms with Gasteiger partial charge < -0.3 is 4.74 Å². The average Bonchev–Trinajstić information content (AvgIpc) is 3.09. The second kappa shape index (κ2) is 6.25. The zero-order valence-electron chi connectivity index (χ0n) is 11.3. The minimum atomic E-state index is 0.173. The Morgan fingerprint density at radius 1 is 1.37 bits per heavy atom. The molecule has 4 nitrogen and oxygen atoms in total. The van der Waals surface area contributed by atoms with Crippen LogP contribution in [0.15, 0.2) is 12.3 Å². The summed E-state index contributed by atoms with van der Waals surface area (Å²) in [7, 11) is 0. The predicted octanol–water partition coefficient (Wildman–Crippen LogP) is 2.44. The highest BCUT2D eigenvalue weighted by molar-refractivity contribution is 6.18. The van der Waals surface area contributed by atoms with Gasteiger partial charge in [-0.3, -0.25) is 9.58 Å². The molecule has 1 aliphatic heterocycles. The van der Waals surface area contributed by atoms with E-state index in [2.05, 4.69) is 21.8 Å². The van der Waals surface area contributed by atoms with Crippen LogP contribution in [0.1, 0.15) is 37.4 Å². The molecule has 1 aromatic rings. The molecule has 2 fully saturated rings. The highest BCUT2D eigenvalue weighted by atomic mass is 35.5. The minimum Gasteiger partial charge on any atom is -0.374 e. The lowest BCUT2D eigenvalue weighted by Crippen LogP contribution is -2.42. The third kappa shape index (κ3) is 3.30. The molecule has 2 aliphatic rings. The van der Waals surface area contributed by atoms with Crippen LogP contribution in [0.4, 0.5) is 0 Å². The van der Waals surface area contributed by atoms with Crippen LogP contribution in [0.3, 0.4) is 0 Å². The molecule has 5 heteroatoms. The van der Waals surface area contributed by atoms with Gasteiger partial charge in [-0.2, -0.15) is 5.10 Å². The van der Waals surface area contributed by atoms with Crippen LogP contribution in [0.5, 0.6) is 0 Å². The number of ether oxygens (including phenoxy) is 1. The van der Waals surface area contributed by atoms with Crippen molar-refractivity contribution >= 4 is 11.6 Å². The van der Waals surface area contributed by atoms with Crippen molar-refractivity contribution in [2.75, 3.05) is 25.6 Å². The van der Waals surface area contributed by atoms with E-state index in [0.29, 0.717) is 11.9 Å². The van der Waals surface area contributed by atoms with Crippen LogP contribution in [0, 0.1) is 0 Å². The monoisotopic (exact) mass is 283 g/mol. The molecule has 2 heterocycles. The van der Waals surface area contributed by atoms with E-state index in [0.717, 1.165) is 26.2 Å². The van der Waals surface area contributed by atoms with Gasteiger partial charge in [0.1, 0.15) is 0 Å². The summed E-state index contributed by atoms with van der Waals surface area (Å²) in [6.45, 7) is 3.58. The van der Waals surface area contributed by atoms with Gasteiger partial charge in [-0.25, -0.2) is 0 Å². The number of aromatic nitrogens is 2. The first-order valence-corrected chi connectivity index (χ1v) is 7.82. The minimum absolute atomic E-state index is 0.173. The number of halogens is 1. The Bertz CT molecular complexity index is 403. The van der Waals surface area contributed by atoms with Gasteiger partial charge in [0.2, 0.25) is 0 Å². The van der Waals surface area contributed by atoms with Gasteiger partial charge in [0, 0.05) is 31.7 Å². The highest BCUT2D eigenvalue weighted by Crippen LogP contribution is 2.28. The highest BCUT2D eigenvalue weighted by Gasteiger charge is 2.21. The number of rotatable bonds is 4. The molecule has 1 saturated carbocycles. The molecule has 1 aliphatic carbocycles. The first-order chi connectivity index (χ1) is 9.35. The summed E-state index contributed by atoms with van der Waals surface area (Å²) in [5.74, 6) is 0.576. The van der Waals surface area contributed by atoms with Crippen molar-refractivity contribution in [2.24, 2.45) is 0 Å². The molecule has 1 saturated heterocycles. The maximum atomic E-state index is 5.87. The van der Waals surface area contributed by atoms with Crippen LogP contribution >= 0.6 is 11.6 Å². The molecule has 1 aromatic heterocycles. The van der Waals surface area contributed by atoms with Crippen molar-refractivity contribution < 1.29 is 4.74 Å². The van der Waals surface area contributed by atoms with Crippen molar-refractivity contribution in [2.45, 2.75) is 44.4 Å². The van der Waals surface area contributed by atoms with E-state index in [4.69, 9.17) is 21.4 Å². The molecule has 3 rings (SSSR count). The van der Waals surface area contributed by atoms with Gasteiger partial charge in [0.15, 0.2) is 0 Å². The average molecular weight is 284 g/mol. The Hall–Kier alpha value is -0.580. The van der Waals surface area contributed by atoms with Gasteiger partial charge in [-0.1, -0.05) is 12.8 Å². The third-order valence-electron chi connectivity index (χ3n) is 4.14. The largest absolute Gasteiger partial charge is 0.374 e. The lowest BCUT2D eigenvalue weighted by Gasteiger charge is -2.31. The maximum absolute atomic E-state index is 5.87. The summed E-state index contributed by atoms with van der Waals surface area (Å²) in [5.41, 5.74) is 1.17. The standard InChI is InChI=1S/C14H22ClN3O/c15-9-14-11-17(7-8-19-14)10-12-5-6-18(16-12)13-3-1-2-4-13/h5-6,13-14H,1-4,7-11H2. The predicted molar refractivity (Wildman–Crippen MR) is 75.5 cm³/mol. The maximum Gasteiger partial charge on any atom is 0.0837 e. The van der Waals surface area contributed by atoms with Crippen LogP contribution < -0.4 is 0 Å². The van der Waals surface area contributed by atoms with Gasteiger partial charge in [0.25, 0.3) is 0 Å².